The first-order chi connectivity index (χ1) is 11.7. The quantitative estimate of drug-likeness (QED) is 0.869. The van der Waals surface area contributed by atoms with Gasteiger partial charge in [0.05, 0.1) is 30.4 Å². The van der Waals surface area contributed by atoms with Gasteiger partial charge in [0.25, 0.3) is 0 Å². The van der Waals surface area contributed by atoms with Gasteiger partial charge in [-0.15, -0.1) is 0 Å². The standard InChI is InChI=1S/C19H19N3O2/c23-18(11-14-5-2-1-3-6-14)21-10-8-16-17(21)12-19(24)22(16)15-7-4-9-20-13-15/h1-7,9,13,16-17H,8,10-12H2/t16-,17+/m0/s1. The Balaban J connectivity index is 1.51. The van der Waals surface area contributed by atoms with Gasteiger partial charge in [-0.3, -0.25) is 14.6 Å². The lowest BCUT2D eigenvalue weighted by Gasteiger charge is -2.25. The summed E-state index contributed by atoms with van der Waals surface area (Å²) in [4.78, 5) is 33.0. The Hall–Kier alpha value is -2.69. The largest absolute Gasteiger partial charge is 0.337 e. The molecule has 122 valence electrons. The van der Waals surface area contributed by atoms with Crippen LogP contribution in [0.5, 0.6) is 0 Å². The van der Waals surface area contributed by atoms with Crippen molar-refractivity contribution in [3.05, 3.63) is 60.4 Å². The molecule has 4 rings (SSSR count). The zero-order valence-corrected chi connectivity index (χ0v) is 13.3. The molecule has 2 atom stereocenters. The Morgan fingerprint density at radius 3 is 2.71 bits per heavy atom. The number of likely N-dealkylation sites (tertiary alicyclic amines) is 1. The Bertz CT molecular complexity index is 748. The van der Waals surface area contributed by atoms with E-state index in [4.69, 9.17) is 0 Å². The maximum absolute atomic E-state index is 12.7. The molecular formula is C19H19N3O2. The fraction of sp³-hybridized carbons (Fsp3) is 0.316. The van der Waals surface area contributed by atoms with E-state index >= 15 is 0 Å². The van der Waals surface area contributed by atoms with Gasteiger partial charge in [0.15, 0.2) is 0 Å². The number of fused-ring (bicyclic) bond motifs is 1. The number of hydrogen-bond acceptors (Lipinski definition) is 3. The van der Waals surface area contributed by atoms with Crippen LogP contribution in [0.4, 0.5) is 5.69 Å². The average molecular weight is 321 g/mol. The molecule has 0 saturated carbocycles. The number of pyridine rings is 1. The molecule has 0 bridgehead atoms. The second-order valence-corrected chi connectivity index (χ2v) is 6.35. The smallest absolute Gasteiger partial charge is 0.229 e. The van der Waals surface area contributed by atoms with Gasteiger partial charge in [-0.25, -0.2) is 0 Å². The highest BCUT2D eigenvalue weighted by Crippen LogP contribution is 2.35. The van der Waals surface area contributed by atoms with Crippen molar-refractivity contribution in [2.24, 2.45) is 0 Å². The average Bonchev–Trinajstić information content (AvgIpc) is 3.14. The van der Waals surface area contributed by atoms with Crippen molar-refractivity contribution in [3.63, 3.8) is 0 Å². The molecule has 24 heavy (non-hydrogen) atoms. The molecule has 3 heterocycles. The number of amides is 2. The topological polar surface area (TPSA) is 53.5 Å². The number of benzene rings is 1. The van der Waals surface area contributed by atoms with Crippen molar-refractivity contribution in [2.75, 3.05) is 11.4 Å². The summed E-state index contributed by atoms with van der Waals surface area (Å²) in [7, 11) is 0. The van der Waals surface area contributed by atoms with Gasteiger partial charge in [0, 0.05) is 19.2 Å². The summed E-state index contributed by atoms with van der Waals surface area (Å²) in [5, 5.41) is 0. The molecule has 2 amide bonds. The monoisotopic (exact) mass is 321 g/mol. The zero-order valence-electron chi connectivity index (χ0n) is 13.3. The lowest BCUT2D eigenvalue weighted by Crippen LogP contribution is -2.40. The Kier molecular flexibility index (Phi) is 3.76. The zero-order chi connectivity index (χ0) is 16.5. The third-order valence-corrected chi connectivity index (χ3v) is 4.94. The van der Waals surface area contributed by atoms with E-state index in [2.05, 4.69) is 4.98 Å². The number of carbonyl (C=O) groups excluding carboxylic acids is 2. The van der Waals surface area contributed by atoms with Crippen molar-refractivity contribution in [2.45, 2.75) is 31.3 Å². The predicted molar refractivity (Wildman–Crippen MR) is 90.4 cm³/mol. The molecule has 1 aromatic carbocycles. The van der Waals surface area contributed by atoms with Crippen molar-refractivity contribution >= 4 is 17.5 Å². The molecule has 5 heteroatoms. The Labute approximate surface area is 140 Å². The minimum atomic E-state index is -0.0195. The van der Waals surface area contributed by atoms with E-state index in [1.807, 2.05) is 52.3 Å². The second-order valence-electron chi connectivity index (χ2n) is 6.35. The van der Waals surface area contributed by atoms with Crippen LogP contribution in [-0.2, 0) is 16.0 Å². The number of nitrogens with zero attached hydrogens (tertiary/aromatic N) is 3. The molecule has 0 unspecified atom stereocenters. The highest BCUT2D eigenvalue weighted by atomic mass is 16.2. The Morgan fingerprint density at radius 1 is 1.12 bits per heavy atom. The van der Waals surface area contributed by atoms with Crippen molar-refractivity contribution in [1.82, 2.24) is 9.88 Å². The summed E-state index contributed by atoms with van der Waals surface area (Å²) in [5.41, 5.74) is 1.84. The van der Waals surface area contributed by atoms with E-state index < -0.39 is 0 Å². The molecule has 1 aromatic heterocycles. The number of rotatable bonds is 3. The van der Waals surface area contributed by atoms with E-state index in [0.717, 1.165) is 17.7 Å². The van der Waals surface area contributed by atoms with Crippen LogP contribution < -0.4 is 4.90 Å². The number of hydrogen-bond donors (Lipinski definition) is 0. The van der Waals surface area contributed by atoms with Crippen molar-refractivity contribution < 1.29 is 9.59 Å². The highest BCUT2D eigenvalue weighted by molar-refractivity contribution is 5.98. The summed E-state index contributed by atoms with van der Waals surface area (Å²) in [6.07, 6.45) is 5.04. The van der Waals surface area contributed by atoms with Gasteiger partial charge >= 0.3 is 0 Å². The molecule has 2 saturated heterocycles. The van der Waals surface area contributed by atoms with Crippen LogP contribution in [0.3, 0.4) is 0 Å². The van der Waals surface area contributed by atoms with Gasteiger partial charge < -0.3 is 9.80 Å². The van der Waals surface area contributed by atoms with E-state index in [1.165, 1.54) is 0 Å². The summed E-state index contributed by atoms with van der Waals surface area (Å²) in [6.45, 7) is 0.713. The highest BCUT2D eigenvalue weighted by Gasteiger charge is 2.48. The first kappa shape index (κ1) is 14.9. The van der Waals surface area contributed by atoms with Crippen LogP contribution in [0.2, 0.25) is 0 Å². The third kappa shape index (κ3) is 2.56. The van der Waals surface area contributed by atoms with Gasteiger partial charge in [-0.1, -0.05) is 30.3 Å². The first-order valence-corrected chi connectivity index (χ1v) is 8.29. The van der Waals surface area contributed by atoms with Crippen molar-refractivity contribution in [1.29, 1.82) is 0 Å². The molecule has 0 radical (unpaired) electrons. The van der Waals surface area contributed by atoms with Crippen LogP contribution in [0, 0.1) is 0 Å². The normalized spacial score (nSPS) is 22.8. The number of carbonyl (C=O) groups is 2. The molecule has 2 aliphatic rings. The SMILES string of the molecule is O=C(Cc1ccccc1)N1CC[C@H]2[C@H]1CC(=O)N2c1cccnc1. The van der Waals surface area contributed by atoms with Gasteiger partial charge in [0.2, 0.25) is 11.8 Å². The molecule has 2 aromatic rings. The van der Waals surface area contributed by atoms with Crippen LogP contribution in [0.15, 0.2) is 54.9 Å². The predicted octanol–water partition coefficient (Wildman–Crippen LogP) is 2.03. The van der Waals surface area contributed by atoms with Gasteiger partial charge in [-0.05, 0) is 24.1 Å². The summed E-state index contributed by atoms with van der Waals surface area (Å²) in [5.74, 6) is 0.185. The van der Waals surface area contributed by atoms with E-state index in [-0.39, 0.29) is 23.9 Å². The molecule has 0 aliphatic carbocycles. The lowest BCUT2D eigenvalue weighted by atomic mass is 10.1. The molecular weight excluding hydrogens is 302 g/mol. The maximum Gasteiger partial charge on any atom is 0.229 e. The van der Waals surface area contributed by atoms with Crippen LogP contribution in [0.1, 0.15) is 18.4 Å². The number of aromatic nitrogens is 1. The molecule has 0 N–H and O–H groups in total. The van der Waals surface area contributed by atoms with Crippen molar-refractivity contribution in [3.8, 4) is 0 Å². The first-order valence-electron chi connectivity index (χ1n) is 8.29. The summed E-state index contributed by atoms with van der Waals surface area (Å²) >= 11 is 0. The lowest BCUT2D eigenvalue weighted by molar-refractivity contribution is -0.131. The number of anilines is 1. The second kappa shape index (κ2) is 6.07. The van der Waals surface area contributed by atoms with Crippen LogP contribution >= 0.6 is 0 Å². The minimum Gasteiger partial charge on any atom is -0.337 e. The summed E-state index contributed by atoms with van der Waals surface area (Å²) < 4.78 is 0. The Morgan fingerprint density at radius 2 is 1.96 bits per heavy atom. The molecule has 2 fully saturated rings. The molecule has 2 aliphatic heterocycles. The van der Waals surface area contributed by atoms with Crippen LogP contribution in [0.25, 0.3) is 0 Å². The van der Waals surface area contributed by atoms with E-state index in [1.54, 1.807) is 12.4 Å². The van der Waals surface area contributed by atoms with Crippen LogP contribution in [-0.4, -0.2) is 40.3 Å². The van der Waals surface area contributed by atoms with Gasteiger partial charge in [0.1, 0.15) is 0 Å². The fourth-order valence-corrected chi connectivity index (χ4v) is 3.86. The molecule has 5 nitrogen and oxygen atoms in total. The summed E-state index contributed by atoms with van der Waals surface area (Å²) in [6, 6.07) is 13.6. The van der Waals surface area contributed by atoms with E-state index in [9.17, 15) is 9.59 Å². The minimum absolute atomic E-state index is 0.0195. The third-order valence-electron chi connectivity index (χ3n) is 4.94. The maximum atomic E-state index is 12.7. The van der Waals surface area contributed by atoms with E-state index in [0.29, 0.717) is 19.4 Å². The fourth-order valence-electron chi connectivity index (χ4n) is 3.86. The molecule has 0 spiro atoms. The van der Waals surface area contributed by atoms with Gasteiger partial charge in [-0.2, -0.15) is 0 Å².